The van der Waals surface area contributed by atoms with Crippen molar-refractivity contribution in [3.8, 4) is 0 Å². The first-order valence-electron chi connectivity index (χ1n) is 7.27. The molecule has 126 valence electrons. The van der Waals surface area contributed by atoms with Gasteiger partial charge >= 0.3 is 5.88 Å². The van der Waals surface area contributed by atoms with E-state index in [1.54, 1.807) is 0 Å². The van der Waals surface area contributed by atoms with E-state index < -0.39 is 4.92 Å². The molecule has 0 radical (unpaired) electrons. The number of carbonyl (C=O) groups is 1. The molecule has 3 rings (SSSR count). The maximum atomic E-state index is 12.1. The minimum absolute atomic E-state index is 0.156. The Balaban J connectivity index is 1.68. The number of carbonyl (C=O) groups excluding carboxylic acids is 1. The van der Waals surface area contributed by atoms with E-state index in [1.165, 1.54) is 18.3 Å². The van der Waals surface area contributed by atoms with E-state index in [4.69, 9.17) is 4.42 Å². The molecule has 0 bridgehead atoms. The second kappa shape index (κ2) is 7.27. The highest BCUT2D eigenvalue weighted by atomic mass is 79.9. The van der Waals surface area contributed by atoms with Crippen LogP contribution in [0.1, 0.15) is 11.3 Å². The SMILES string of the molecule is O=C(Cc1ccc(Br)c2ccccc12)N/N=C/c1ccc([N+](=O)[O-])o1. The van der Waals surface area contributed by atoms with Crippen molar-refractivity contribution in [3.05, 3.63) is 74.4 Å². The van der Waals surface area contributed by atoms with Crippen LogP contribution in [0.4, 0.5) is 5.88 Å². The van der Waals surface area contributed by atoms with Crippen LogP contribution in [0, 0.1) is 10.1 Å². The highest BCUT2D eigenvalue weighted by molar-refractivity contribution is 9.10. The van der Waals surface area contributed by atoms with E-state index in [1.807, 2.05) is 36.4 Å². The number of hydrogen-bond donors (Lipinski definition) is 1. The molecule has 1 heterocycles. The molecule has 0 saturated heterocycles. The number of benzene rings is 2. The number of nitro groups is 1. The van der Waals surface area contributed by atoms with E-state index in [0.29, 0.717) is 0 Å². The van der Waals surface area contributed by atoms with Crippen molar-refractivity contribution >= 4 is 44.7 Å². The summed E-state index contributed by atoms with van der Waals surface area (Å²) < 4.78 is 5.87. The van der Waals surface area contributed by atoms with Crippen LogP contribution in [-0.2, 0) is 11.2 Å². The lowest BCUT2D eigenvalue weighted by Crippen LogP contribution is -2.19. The predicted octanol–water partition coefficient (Wildman–Crippen LogP) is 3.80. The molecule has 0 aliphatic rings. The summed E-state index contributed by atoms with van der Waals surface area (Å²) in [5, 5.41) is 16.3. The molecule has 2 aromatic carbocycles. The number of nitrogens with one attached hydrogen (secondary N) is 1. The Morgan fingerprint density at radius 1 is 1.20 bits per heavy atom. The average molecular weight is 402 g/mol. The van der Waals surface area contributed by atoms with E-state index in [-0.39, 0.29) is 24.0 Å². The van der Waals surface area contributed by atoms with Crippen molar-refractivity contribution in [3.63, 3.8) is 0 Å². The smallest absolute Gasteiger partial charge is 0.400 e. The number of furan rings is 1. The van der Waals surface area contributed by atoms with Gasteiger partial charge in [0.25, 0.3) is 0 Å². The van der Waals surface area contributed by atoms with Crippen molar-refractivity contribution in [2.45, 2.75) is 6.42 Å². The zero-order chi connectivity index (χ0) is 17.8. The summed E-state index contributed by atoms with van der Waals surface area (Å²) in [5.74, 6) is -0.500. The number of hydrogen-bond acceptors (Lipinski definition) is 5. The Bertz CT molecular complexity index is 981. The lowest BCUT2D eigenvalue weighted by molar-refractivity contribution is -0.402. The Kier molecular flexibility index (Phi) is 4.90. The fourth-order valence-corrected chi connectivity index (χ4v) is 2.85. The summed E-state index contributed by atoms with van der Waals surface area (Å²) in [5.41, 5.74) is 3.26. The number of amides is 1. The maximum absolute atomic E-state index is 12.1. The maximum Gasteiger partial charge on any atom is 0.433 e. The van der Waals surface area contributed by atoms with E-state index in [9.17, 15) is 14.9 Å². The Labute approximate surface area is 150 Å². The molecular weight excluding hydrogens is 390 g/mol. The molecule has 3 aromatic rings. The molecule has 0 unspecified atom stereocenters. The van der Waals surface area contributed by atoms with Crippen molar-refractivity contribution in [2.75, 3.05) is 0 Å². The van der Waals surface area contributed by atoms with E-state index in [0.717, 1.165) is 20.8 Å². The van der Waals surface area contributed by atoms with E-state index in [2.05, 4.69) is 26.5 Å². The molecule has 0 aliphatic carbocycles. The van der Waals surface area contributed by atoms with Gasteiger partial charge in [0.1, 0.15) is 4.92 Å². The number of halogens is 1. The quantitative estimate of drug-likeness (QED) is 0.399. The van der Waals surface area contributed by atoms with Gasteiger partial charge < -0.3 is 4.42 Å². The normalized spacial score (nSPS) is 11.1. The molecule has 0 spiro atoms. The third-order valence-electron chi connectivity index (χ3n) is 3.49. The average Bonchev–Trinajstić information content (AvgIpc) is 3.07. The molecule has 0 atom stereocenters. The second-order valence-corrected chi connectivity index (χ2v) is 6.01. The standard InChI is InChI=1S/C17H12BrN3O4/c18-15-7-5-11(13-3-1-2-4-14(13)15)9-16(22)20-19-10-12-6-8-17(25-12)21(23)24/h1-8,10H,9H2,(H,20,22)/b19-10+. The fraction of sp³-hybridized carbons (Fsp3) is 0.0588. The summed E-state index contributed by atoms with van der Waals surface area (Å²) >= 11 is 3.49. The minimum atomic E-state index is -0.644. The lowest BCUT2D eigenvalue weighted by Gasteiger charge is -2.07. The summed E-state index contributed by atoms with van der Waals surface area (Å²) in [6, 6.07) is 14.2. The van der Waals surface area contributed by atoms with Gasteiger partial charge in [0.05, 0.1) is 18.7 Å². The fourth-order valence-electron chi connectivity index (χ4n) is 2.37. The first-order chi connectivity index (χ1) is 12.0. The predicted molar refractivity (Wildman–Crippen MR) is 96.5 cm³/mol. The van der Waals surface area contributed by atoms with Crippen LogP contribution < -0.4 is 5.43 Å². The van der Waals surface area contributed by atoms with Gasteiger partial charge in [-0.15, -0.1) is 0 Å². The van der Waals surface area contributed by atoms with Crippen LogP contribution in [0.5, 0.6) is 0 Å². The summed E-state index contributed by atoms with van der Waals surface area (Å²) in [7, 11) is 0. The van der Waals surface area contributed by atoms with Crippen LogP contribution in [-0.4, -0.2) is 17.0 Å². The van der Waals surface area contributed by atoms with Gasteiger partial charge in [0, 0.05) is 4.47 Å². The third kappa shape index (κ3) is 3.92. The van der Waals surface area contributed by atoms with Gasteiger partial charge in [-0.3, -0.25) is 14.9 Å². The summed E-state index contributed by atoms with van der Waals surface area (Å²) in [6.07, 6.45) is 1.37. The summed E-state index contributed by atoms with van der Waals surface area (Å²) in [4.78, 5) is 21.9. The lowest BCUT2D eigenvalue weighted by atomic mass is 10.0. The van der Waals surface area contributed by atoms with E-state index >= 15 is 0 Å². The number of nitrogens with zero attached hydrogens (tertiary/aromatic N) is 2. The molecule has 1 amide bonds. The van der Waals surface area contributed by atoms with Gasteiger partial charge in [-0.2, -0.15) is 5.10 Å². The third-order valence-corrected chi connectivity index (χ3v) is 4.18. The zero-order valence-electron chi connectivity index (χ0n) is 12.8. The molecular formula is C17H12BrN3O4. The molecule has 1 aromatic heterocycles. The van der Waals surface area contributed by atoms with Gasteiger partial charge in [0.15, 0.2) is 5.76 Å². The van der Waals surface area contributed by atoms with Gasteiger partial charge in [0.2, 0.25) is 5.91 Å². The van der Waals surface area contributed by atoms with Crippen molar-refractivity contribution in [2.24, 2.45) is 5.10 Å². The molecule has 25 heavy (non-hydrogen) atoms. The monoisotopic (exact) mass is 401 g/mol. The van der Waals surface area contributed by atoms with Crippen molar-refractivity contribution < 1.29 is 14.1 Å². The Hall–Kier alpha value is -3.00. The highest BCUT2D eigenvalue weighted by Crippen LogP contribution is 2.27. The Morgan fingerprint density at radius 3 is 2.68 bits per heavy atom. The number of fused-ring (bicyclic) bond motifs is 1. The van der Waals surface area contributed by atoms with Gasteiger partial charge in [-0.1, -0.05) is 46.3 Å². The van der Waals surface area contributed by atoms with Crippen molar-refractivity contribution in [1.29, 1.82) is 0 Å². The van der Waals surface area contributed by atoms with Crippen molar-refractivity contribution in [1.82, 2.24) is 5.43 Å². The topological polar surface area (TPSA) is 97.7 Å². The second-order valence-electron chi connectivity index (χ2n) is 5.16. The van der Waals surface area contributed by atoms with Crippen LogP contribution in [0.3, 0.4) is 0 Å². The molecule has 7 nitrogen and oxygen atoms in total. The number of rotatable bonds is 5. The number of hydrazone groups is 1. The van der Waals surface area contributed by atoms with Crippen LogP contribution in [0.2, 0.25) is 0 Å². The van der Waals surface area contributed by atoms with Crippen LogP contribution in [0.15, 0.2) is 62.5 Å². The first-order valence-corrected chi connectivity index (χ1v) is 8.06. The Morgan fingerprint density at radius 2 is 1.96 bits per heavy atom. The molecule has 0 fully saturated rings. The van der Waals surface area contributed by atoms with Crippen LogP contribution in [0.25, 0.3) is 10.8 Å². The zero-order valence-corrected chi connectivity index (χ0v) is 14.4. The van der Waals surface area contributed by atoms with Crippen LogP contribution >= 0.6 is 15.9 Å². The van der Waals surface area contributed by atoms with Gasteiger partial charge in [-0.25, -0.2) is 5.43 Å². The minimum Gasteiger partial charge on any atom is -0.400 e. The highest BCUT2D eigenvalue weighted by Gasteiger charge is 2.11. The summed E-state index contributed by atoms with van der Waals surface area (Å²) in [6.45, 7) is 0. The molecule has 0 saturated carbocycles. The molecule has 1 N–H and O–H groups in total. The molecule has 0 aliphatic heterocycles. The first kappa shape index (κ1) is 16.8. The largest absolute Gasteiger partial charge is 0.433 e. The molecule has 8 heteroatoms. The van der Waals surface area contributed by atoms with Gasteiger partial charge in [-0.05, 0) is 28.5 Å².